The van der Waals surface area contributed by atoms with Crippen molar-refractivity contribution in [2.45, 2.75) is 39.2 Å². The highest BCUT2D eigenvalue weighted by molar-refractivity contribution is 6.34. The molecule has 7 nitrogen and oxygen atoms in total. The topological polar surface area (TPSA) is 98.7 Å². The Morgan fingerprint density at radius 2 is 1.97 bits per heavy atom. The number of nitrogens with zero attached hydrogens (tertiary/aromatic N) is 1. The lowest BCUT2D eigenvalue weighted by atomic mass is 9.68. The highest BCUT2D eigenvalue weighted by Crippen LogP contribution is 2.45. The van der Waals surface area contributed by atoms with Crippen LogP contribution in [0.15, 0.2) is 30.4 Å². The second-order valence-corrected chi connectivity index (χ2v) is 8.96. The molecule has 1 aromatic rings. The zero-order valence-electron chi connectivity index (χ0n) is 18.8. The third-order valence-corrected chi connectivity index (χ3v) is 6.89. The summed E-state index contributed by atoms with van der Waals surface area (Å²) < 4.78 is 0. The van der Waals surface area contributed by atoms with Crippen LogP contribution in [0.1, 0.15) is 31.7 Å². The van der Waals surface area contributed by atoms with Gasteiger partial charge < -0.3 is 20.6 Å². The van der Waals surface area contributed by atoms with Crippen LogP contribution < -0.4 is 10.6 Å². The van der Waals surface area contributed by atoms with Crippen LogP contribution in [0, 0.1) is 30.6 Å². The number of rotatable bonds is 8. The molecule has 3 amide bonds. The van der Waals surface area contributed by atoms with E-state index in [0.29, 0.717) is 17.1 Å². The molecule has 0 spiro atoms. The molecule has 5 atom stereocenters. The fourth-order valence-corrected chi connectivity index (χ4v) is 5.37. The van der Waals surface area contributed by atoms with E-state index in [9.17, 15) is 19.5 Å². The maximum absolute atomic E-state index is 13.6. The second kappa shape index (κ2) is 10.5. The summed E-state index contributed by atoms with van der Waals surface area (Å²) >= 11 is 6.31. The van der Waals surface area contributed by atoms with E-state index in [4.69, 9.17) is 11.6 Å². The Balaban J connectivity index is 1.99. The first-order valence-corrected chi connectivity index (χ1v) is 11.6. The number of nitrogens with one attached hydrogen (secondary N) is 2. The van der Waals surface area contributed by atoms with E-state index in [0.717, 1.165) is 18.4 Å². The number of aryl methyl sites for hydroxylation is 1. The number of benzene rings is 1. The Morgan fingerprint density at radius 3 is 2.59 bits per heavy atom. The number of aliphatic hydroxyl groups is 1. The summed E-state index contributed by atoms with van der Waals surface area (Å²) in [5.41, 5.74) is 1.34. The van der Waals surface area contributed by atoms with Crippen molar-refractivity contribution in [3.8, 4) is 0 Å². The van der Waals surface area contributed by atoms with Gasteiger partial charge in [-0.3, -0.25) is 14.4 Å². The normalized spacial score (nSPS) is 26.7. The standard InChI is InChI=1S/C24H32ClN3O4/c1-4-7-15-10-11-16-19(18(15)22(30)26-3)24(32)28(12-6-13-29)21(16)23(31)27-20-14(2)8-5-9-17(20)25/h5,8-11,15-16,18-19,21,29H,4,6-7,12-13H2,1-3H3,(H,26,30)(H,27,31)/t15-,16+,18-,19+,21+/m1/s1. The summed E-state index contributed by atoms with van der Waals surface area (Å²) in [6.07, 6.45) is 5.96. The third-order valence-electron chi connectivity index (χ3n) is 6.58. The first-order valence-electron chi connectivity index (χ1n) is 11.2. The van der Waals surface area contributed by atoms with Crippen LogP contribution in [0.4, 0.5) is 5.69 Å². The molecule has 1 aliphatic carbocycles. The molecule has 0 saturated carbocycles. The van der Waals surface area contributed by atoms with E-state index in [1.54, 1.807) is 13.1 Å². The van der Waals surface area contributed by atoms with E-state index in [2.05, 4.69) is 10.6 Å². The summed E-state index contributed by atoms with van der Waals surface area (Å²) in [6.45, 7) is 4.05. The van der Waals surface area contributed by atoms with Crippen LogP contribution in [0.25, 0.3) is 0 Å². The molecule has 1 aromatic carbocycles. The molecule has 174 valence electrons. The largest absolute Gasteiger partial charge is 0.396 e. The zero-order valence-corrected chi connectivity index (χ0v) is 19.6. The fraction of sp³-hybridized carbons (Fsp3) is 0.542. The van der Waals surface area contributed by atoms with Crippen LogP contribution in [0.3, 0.4) is 0 Å². The minimum atomic E-state index is -0.777. The Morgan fingerprint density at radius 1 is 1.22 bits per heavy atom. The SMILES string of the molecule is CCC[C@@H]1C=C[C@H]2[C@H](C(=O)N(CCCO)[C@@H]2C(=O)Nc2c(C)cccc2Cl)[C@@H]1C(=O)NC. The number of fused-ring (bicyclic) bond motifs is 1. The van der Waals surface area contributed by atoms with E-state index in [1.807, 2.05) is 38.1 Å². The molecule has 1 heterocycles. The van der Waals surface area contributed by atoms with Crippen molar-refractivity contribution in [2.24, 2.45) is 23.7 Å². The number of hydrogen-bond donors (Lipinski definition) is 3. The minimum Gasteiger partial charge on any atom is -0.396 e. The number of likely N-dealkylation sites (tertiary alicyclic amines) is 1. The van der Waals surface area contributed by atoms with Crippen molar-refractivity contribution < 1.29 is 19.5 Å². The van der Waals surface area contributed by atoms with Crippen molar-refractivity contribution in [3.63, 3.8) is 0 Å². The monoisotopic (exact) mass is 461 g/mol. The Kier molecular flexibility index (Phi) is 7.96. The van der Waals surface area contributed by atoms with Crippen molar-refractivity contribution in [1.82, 2.24) is 10.2 Å². The van der Waals surface area contributed by atoms with Crippen LogP contribution in [-0.4, -0.2) is 54.0 Å². The molecule has 1 saturated heterocycles. The number of carbonyl (C=O) groups is 3. The van der Waals surface area contributed by atoms with Gasteiger partial charge in [-0.15, -0.1) is 0 Å². The average Bonchev–Trinajstić information content (AvgIpc) is 3.06. The molecular formula is C24H32ClN3O4. The average molecular weight is 462 g/mol. The quantitative estimate of drug-likeness (QED) is 0.518. The number of para-hydroxylation sites is 1. The zero-order chi connectivity index (χ0) is 23.4. The van der Waals surface area contributed by atoms with Crippen molar-refractivity contribution in [1.29, 1.82) is 0 Å². The number of carbonyl (C=O) groups excluding carboxylic acids is 3. The van der Waals surface area contributed by atoms with Crippen LogP contribution in [0.2, 0.25) is 5.02 Å². The smallest absolute Gasteiger partial charge is 0.247 e. The Bertz CT molecular complexity index is 883. The third kappa shape index (κ3) is 4.55. The summed E-state index contributed by atoms with van der Waals surface area (Å²) in [5.74, 6) is -2.36. The lowest BCUT2D eigenvalue weighted by Crippen LogP contribution is -2.45. The van der Waals surface area contributed by atoms with E-state index < -0.39 is 23.8 Å². The van der Waals surface area contributed by atoms with Gasteiger partial charge in [0.2, 0.25) is 17.7 Å². The minimum absolute atomic E-state index is 0.0579. The molecular weight excluding hydrogens is 430 g/mol. The molecule has 1 aliphatic heterocycles. The summed E-state index contributed by atoms with van der Waals surface area (Å²) in [5, 5.41) is 15.4. The summed E-state index contributed by atoms with van der Waals surface area (Å²) in [7, 11) is 1.58. The maximum atomic E-state index is 13.6. The molecule has 32 heavy (non-hydrogen) atoms. The number of hydrogen-bond acceptors (Lipinski definition) is 4. The predicted molar refractivity (Wildman–Crippen MR) is 124 cm³/mol. The van der Waals surface area contributed by atoms with E-state index in [-0.39, 0.29) is 36.8 Å². The van der Waals surface area contributed by atoms with E-state index in [1.165, 1.54) is 4.90 Å². The van der Waals surface area contributed by atoms with Gasteiger partial charge in [-0.05, 0) is 37.3 Å². The fourth-order valence-electron chi connectivity index (χ4n) is 5.10. The second-order valence-electron chi connectivity index (χ2n) is 8.56. The highest BCUT2D eigenvalue weighted by Gasteiger charge is 2.56. The van der Waals surface area contributed by atoms with Gasteiger partial charge in [0.25, 0.3) is 0 Å². The molecule has 1 fully saturated rings. The van der Waals surface area contributed by atoms with Crippen LogP contribution in [0.5, 0.6) is 0 Å². The lowest BCUT2D eigenvalue weighted by molar-refractivity contribution is -0.140. The molecule has 3 rings (SSSR count). The van der Waals surface area contributed by atoms with E-state index >= 15 is 0 Å². The molecule has 2 aliphatic rings. The lowest BCUT2D eigenvalue weighted by Gasteiger charge is -2.34. The van der Waals surface area contributed by atoms with Crippen molar-refractivity contribution >= 4 is 35.0 Å². The van der Waals surface area contributed by atoms with Gasteiger partial charge in [0, 0.05) is 26.1 Å². The highest BCUT2D eigenvalue weighted by atomic mass is 35.5. The molecule has 0 unspecified atom stereocenters. The number of aliphatic hydroxyl groups excluding tert-OH is 1. The number of amides is 3. The molecule has 0 aromatic heterocycles. The van der Waals surface area contributed by atoms with Gasteiger partial charge in [-0.25, -0.2) is 0 Å². The van der Waals surface area contributed by atoms with Crippen molar-refractivity contribution in [2.75, 3.05) is 25.5 Å². The van der Waals surface area contributed by atoms with Crippen LogP contribution in [-0.2, 0) is 14.4 Å². The van der Waals surface area contributed by atoms with Gasteiger partial charge in [0.15, 0.2) is 0 Å². The van der Waals surface area contributed by atoms with Gasteiger partial charge in [-0.1, -0.05) is 49.2 Å². The Labute approximate surface area is 194 Å². The first-order chi connectivity index (χ1) is 15.3. The number of allylic oxidation sites excluding steroid dienone is 1. The first kappa shape index (κ1) is 24.3. The summed E-state index contributed by atoms with van der Waals surface area (Å²) in [4.78, 5) is 41.4. The Hall–Kier alpha value is -2.38. The summed E-state index contributed by atoms with van der Waals surface area (Å²) in [6, 6.07) is 4.58. The van der Waals surface area contributed by atoms with Gasteiger partial charge in [0.05, 0.1) is 22.5 Å². The molecule has 3 N–H and O–H groups in total. The molecule has 8 heteroatoms. The van der Waals surface area contributed by atoms with Gasteiger partial charge >= 0.3 is 0 Å². The predicted octanol–water partition coefficient (Wildman–Crippen LogP) is 2.76. The molecule has 0 bridgehead atoms. The van der Waals surface area contributed by atoms with Gasteiger partial charge in [0.1, 0.15) is 6.04 Å². The van der Waals surface area contributed by atoms with Crippen molar-refractivity contribution in [3.05, 3.63) is 40.9 Å². The molecule has 0 radical (unpaired) electrons. The van der Waals surface area contributed by atoms with Gasteiger partial charge in [-0.2, -0.15) is 0 Å². The number of halogens is 1. The maximum Gasteiger partial charge on any atom is 0.247 e. The number of anilines is 1. The van der Waals surface area contributed by atoms with Crippen LogP contribution >= 0.6 is 11.6 Å².